The van der Waals surface area contributed by atoms with Gasteiger partial charge in [0, 0.05) is 10.8 Å². The molecule has 0 saturated carbocycles. The van der Waals surface area contributed by atoms with Gasteiger partial charge in [0.2, 0.25) is 0 Å². The molecule has 120 valence electrons. The summed E-state index contributed by atoms with van der Waals surface area (Å²) in [4.78, 5) is 11.0. The largest absolute Gasteiger partial charge is 0.505 e. The van der Waals surface area contributed by atoms with Gasteiger partial charge in [-0.25, -0.2) is 5.53 Å². The number of nitrogens with zero attached hydrogens (tertiary/aromatic N) is 2. The maximum Gasteiger partial charge on any atom is 0.283 e. The van der Waals surface area contributed by atoms with Gasteiger partial charge in [0.05, 0.1) is 10.6 Å². The van der Waals surface area contributed by atoms with Crippen molar-refractivity contribution in [2.24, 2.45) is 9.51 Å². The van der Waals surface area contributed by atoms with Crippen molar-refractivity contribution in [2.45, 2.75) is 4.90 Å². The summed E-state index contributed by atoms with van der Waals surface area (Å²) >= 11 is 0. The van der Waals surface area contributed by atoms with Crippen LogP contribution in [0.25, 0.3) is 10.8 Å². The molecule has 0 spiro atoms. The van der Waals surface area contributed by atoms with Gasteiger partial charge in [-0.1, -0.05) is 18.2 Å². The van der Waals surface area contributed by atoms with Gasteiger partial charge >= 0.3 is 0 Å². The molecule has 0 aliphatic heterocycles. The molecule has 1 aliphatic rings. The smallest absolute Gasteiger partial charge is 0.283 e. The summed E-state index contributed by atoms with van der Waals surface area (Å²) in [5.41, 5.74) is 7.18. The Morgan fingerprint density at radius 2 is 1.67 bits per heavy atom. The Bertz CT molecular complexity index is 1050. The molecular formula is C16H11N3O4S. The average Bonchev–Trinajstić information content (AvgIpc) is 2.57. The number of aromatic hydroxyl groups is 1. The van der Waals surface area contributed by atoms with Crippen molar-refractivity contribution < 1.29 is 18.3 Å². The molecule has 0 amide bonds. The number of allylic oxidation sites excluding steroid dienone is 4. The van der Waals surface area contributed by atoms with Crippen LogP contribution in [-0.4, -0.2) is 25.0 Å². The van der Waals surface area contributed by atoms with Crippen molar-refractivity contribution in [2.75, 3.05) is 0 Å². The van der Waals surface area contributed by atoms with E-state index in [1.807, 2.05) is 0 Å². The van der Waals surface area contributed by atoms with E-state index in [4.69, 9.17) is 5.53 Å². The van der Waals surface area contributed by atoms with Crippen LogP contribution in [-0.2, 0) is 14.8 Å². The zero-order valence-corrected chi connectivity index (χ0v) is 13.0. The second kappa shape index (κ2) is 5.82. The van der Waals surface area contributed by atoms with Crippen LogP contribution in [0.4, 0.5) is 5.69 Å². The number of fused-ring (bicyclic) bond motifs is 1. The Labute approximate surface area is 137 Å². The number of carbonyl (C=O) groups excluding carboxylic acids is 1. The first-order valence-corrected chi connectivity index (χ1v) is 8.23. The zero-order chi connectivity index (χ0) is 17.3. The van der Waals surface area contributed by atoms with E-state index in [2.05, 4.69) is 9.51 Å². The van der Waals surface area contributed by atoms with Gasteiger partial charge in [-0.15, -0.1) is 0 Å². The molecule has 0 bridgehead atoms. The third-order valence-corrected chi connectivity index (χ3v) is 4.80. The van der Waals surface area contributed by atoms with Crippen LogP contribution in [0.15, 0.2) is 69.0 Å². The van der Waals surface area contributed by atoms with Gasteiger partial charge < -0.3 is 5.11 Å². The molecule has 0 radical (unpaired) electrons. The number of phenols is 1. The Hall–Kier alpha value is -3.13. The Morgan fingerprint density at radius 3 is 2.33 bits per heavy atom. The van der Waals surface area contributed by atoms with E-state index in [1.54, 1.807) is 0 Å². The lowest BCUT2D eigenvalue weighted by molar-refractivity contribution is -0.110. The highest BCUT2D eigenvalue weighted by Gasteiger charge is 2.19. The number of rotatable bonds is 3. The lowest BCUT2D eigenvalue weighted by Crippen LogP contribution is -2.05. The third kappa shape index (κ3) is 2.74. The SMILES string of the molecule is N=Nc1ccc2c(S(=O)(=O)N=C3C=CC(=O)C=C3)cccc2c1O. The van der Waals surface area contributed by atoms with Crippen LogP contribution in [0.5, 0.6) is 5.75 Å². The molecular weight excluding hydrogens is 330 g/mol. The summed E-state index contributed by atoms with van der Waals surface area (Å²) in [5.74, 6) is -0.511. The summed E-state index contributed by atoms with van der Waals surface area (Å²) in [7, 11) is -4.05. The highest BCUT2D eigenvalue weighted by atomic mass is 32.2. The Morgan fingerprint density at radius 1 is 0.958 bits per heavy atom. The fourth-order valence-electron chi connectivity index (χ4n) is 2.31. The highest BCUT2D eigenvalue weighted by Crippen LogP contribution is 2.37. The monoisotopic (exact) mass is 341 g/mol. The van der Waals surface area contributed by atoms with Gasteiger partial charge in [-0.3, -0.25) is 4.79 Å². The molecule has 0 saturated heterocycles. The van der Waals surface area contributed by atoms with Crippen molar-refractivity contribution in [1.82, 2.24) is 0 Å². The molecule has 2 aromatic rings. The highest BCUT2D eigenvalue weighted by molar-refractivity contribution is 7.90. The number of carbonyl (C=O) groups is 1. The minimum absolute atomic E-state index is 0.0417. The van der Waals surface area contributed by atoms with Crippen LogP contribution in [0, 0.1) is 5.53 Å². The molecule has 2 aromatic carbocycles. The van der Waals surface area contributed by atoms with E-state index in [1.165, 1.54) is 54.6 Å². The number of hydrogen-bond acceptors (Lipinski definition) is 6. The predicted octanol–water partition coefficient (Wildman–Crippen LogP) is 3.03. The topological polar surface area (TPSA) is 120 Å². The van der Waals surface area contributed by atoms with E-state index in [0.717, 1.165) is 0 Å². The first kappa shape index (κ1) is 15.8. The molecule has 3 rings (SSSR count). The maximum atomic E-state index is 12.6. The molecule has 0 unspecified atom stereocenters. The first-order chi connectivity index (χ1) is 11.4. The molecule has 8 heteroatoms. The molecule has 1 aliphatic carbocycles. The summed E-state index contributed by atoms with van der Waals surface area (Å²) in [5, 5.41) is 13.8. The zero-order valence-electron chi connectivity index (χ0n) is 12.2. The first-order valence-electron chi connectivity index (χ1n) is 6.79. The standard InChI is InChI=1S/C16H11N3O4S/c17-18-14-9-8-12-13(16(14)21)2-1-3-15(12)24(22,23)19-10-4-6-11(20)7-5-10/h1-9,17,21H. The fourth-order valence-corrected chi connectivity index (χ4v) is 3.52. The van der Waals surface area contributed by atoms with E-state index < -0.39 is 10.0 Å². The van der Waals surface area contributed by atoms with Crippen LogP contribution >= 0.6 is 0 Å². The molecule has 2 N–H and O–H groups in total. The summed E-state index contributed by atoms with van der Waals surface area (Å²) in [6.07, 6.45) is 5.09. The van der Waals surface area contributed by atoms with Crippen LogP contribution < -0.4 is 0 Å². The second-order valence-electron chi connectivity index (χ2n) is 4.96. The average molecular weight is 341 g/mol. The Kier molecular flexibility index (Phi) is 3.82. The fraction of sp³-hybridized carbons (Fsp3) is 0. The predicted molar refractivity (Wildman–Crippen MR) is 88.3 cm³/mol. The normalized spacial score (nSPS) is 14.2. The summed E-state index contributed by atoms with van der Waals surface area (Å²) in [6.45, 7) is 0. The van der Waals surface area contributed by atoms with Crippen LogP contribution in [0.3, 0.4) is 0 Å². The van der Waals surface area contributed by atoms with E-state index in [0.29, 0.717) is 0 Å². The van der Waals surface area contributed by atoms with Crippen molar-refractivity contribution in [3.8, 4) is 5.75 Å². The third-order valence-electron chi connectivity index (χ3n) is 3.43. The quantitative estimate of drug-likeness (QED) is 0.658. The van der Waals surface area contributed by atoms with Gasteiger partial charge in [0.1, 0.15) is 5.69 Å². The van der Waals surface area contributed by atoms with Crippen molar-refractivity contribution in [1.29, 1.82) is 5.53 Å². The van der Waals surface area contributed by atoms with Crippen LogP contribution in [0.1, 0.15) is 0 Å². The summed E-state index contributed by atoms with van der Waals surface area (Å²) < 4.78 is 28.9. The molecule has 0 atom stereocenters. The van der Waals surface area contributed by atoms with E-state index in [9.17, 15) is 18.3 Å². The van der Waals surface area contributed by atoms with Gasteiger partial charge in [0.15, 0.2) is 11.5 Å². The van der Waals surface area contributed by atoms with Crippen molar-refractivity contribution >= 4 is 38.0 Å². The van der Waals surface area contributed by atoms with E-state index >= 15 is 0 Å². The number of benzene rings is 2. The lowest BCUT2D eigenvalue weighted by atomic mass is 10.1. The van der Waals surface area contributed by atoms with Gasteiger partial charge in [-0.05, 0) is 36.4 Å². The number of phenolic OH excluding ortho intramolecular Hbond substituents is 1. The second-order valence-corrected chi connectivity index (χ2v) is 6.53. The molecule has 7 nitrogen and oxygen atoms in total. The Balaban J connectivity index is 2.19. The van der Waals surface area contributed by atoms with Gasteiger partial charge in [-0.2, -0.15) is 17.9 Å². The minimum Gasteiger partial charge on any atom is -0.505 e. The number of hydrogen-bond donors (Lipinski definition) is 2. The molecule has 0 aromatic heterocycles. The molecule has 0 heterocycles. The van der Waals surface area contributed by atoms with Crippen molar-refractivity contribution in [3.05, 3.63) is 54.6 Å². The number of ketones is 1. The number of nitrogens with one attached hydrogen (secondary N) is 1. The van der Waals surface area contributed by atoms with Crippen LogP contribution in [0.2, 0.25) is 0 Å². The molecule has 24 heavy (non-hydrogen) atoms. The minimum atomic E-state index is -4.05. The summed E-state index contributed by atoms with van der Waals surface area (Å²) in [6, 6.07) is 7.20. The maximum absolute atomic E-state index is 12.6. The lowest BCUT2D eigenvalue weighted by Gasteiger charge is -2.08. The van der Waals surface area contributed by atoms with Gasteiger partial charge in [0.25, 0.3) is 10.0 Å². The number of sulfonamides is 1. The van der Waals surface area contributed by atoms with E-state index in [-0.39, 0.29) is 38.6 Å². The molecule has 0 fully saturated rings. The van der Waals surface area contributed by atoms with Crippen molar-refractivity contribution in [3.63, 3.8) is 0 Å².